The van der Waals surface area contributed by atoms with E-state index in [1.54, 1.807) is 12.1 Å². The maximum Gasteiger partial charge on any atom is 0.265 e. The number of rotatable bonds is 4. The van der Waals surface area contributed by atoms with Crippen LogP contribution < -0.4 is 11.3 Å². The molecule has 1 aliphatic carbocycles. The van der Waals surface area contributed by atoms with Crippen molar-refractivity contribution in [2.24, 2.45) is 11.8 Å². The number of nitrogens with two attached hydrogens (primary N) is 1. The van der Waals surface area contributed by atoms with Crippen LogP contribution in [0.15, 0.2) is 22.7 Å². The number of hydrazine groups is 1. The van der Waals surface area contributed by atoms with Crippen LogP contribution in [0, 0.1) is 5.92 Å². The summed E-state index contributed by atoms with van der Waals surface area (Å²) >= 11 is 3.48. The van der Waals surface area contributed by atoms with E-state index < -0.39 is 0 Å². The molecular formula is C15H21BrN2O2. The third-order valence-corrected chi connectivity index (χ3v) is 4.55. The first-order chi connectivity index (χ1) is 9.60. The molecule has 1 saturated carbocycles. The highest BCUT2D eigenvalue weighted by molar-refractivity contribution is 9.10. The molecule has 1 amide bonds. The molecule has 2 atom stereocenters. The summed E-state index contributed by atoms with van der Waals surface area (Å²) in [6, 6.07) is 5.43. The molecule has 0 heterocycles. The Hall–Kier alpha value is -0.910. The molecule has 4 nitrogen and oxygen atoms in total. The predicted octanol–water partition coefficient (Wildman–Crippen LogP) is 3.15. The second-order valence-electron chi connectivity index (χ2n) is 5.48. The summed E-state index contributed by atoms with van der Waals surface area (Å²) in [5.74, 6) is 5.59. The van der Waals surface area contributed by atoms with E-state index in [1.165, 1.54) is 12.8 Å². The number of amides is 1. The molecule has 0 aromatic heterocycles. The van der Waals surface area contributed by atoms with Crippen LogP contribution in [-0.4, -0.2) is 12.0 Å². The molecule has 1 aromatic carbocycles. The Balaban J connectivity index is 1.94. The molecule has 0 radical (unpaired) electrons. The van der Waals surface area contributed by atoms with Crippen molar-refractivity contribution in [3.63, 3.8) is 0 Å². The van der Waals surface area contributed by atoms with E-state index in [0.717, 1.165) is 28.8 Å². The van der Waals surface area contributed by atoms with E-state index in [1.807, 2.05) is 6.07 Å². The van der Waals surface area contributed by atoms with Gasteiger partial charge in [0.05, 0.1) is 12.7 Å². The molecule has 0 aliphatic heterocycles. The van der Waals surface area contributed by atoms with Gasteiger partial charge in [0.1, 0.15) is 0 Å². The lowest BCUT2D eigenvalue weighted by Crippen LogP contribution is -2.30. The second kappa shape index (κ2) is 7.20. The Kier molecular flexibility index (Phi) is 5.57. The van der Waals surface area contributed by atoms with Gasteiger partial charge in [0, 0.05) is 10.0 Å². The van der Waals surface area contributed by atoms with Gasteiger partial charge < -0.3 is 4.74 Å². The number of nitrogen functional groups attached to an aromatic ring is 1. The number of carbonyl (C=O) groups excluding carboxylic acids is 1. The van der Waals surface area contributed by atoms with Crippen molar-refractivity contribution in [2.45, 2.75) is 45.3 Å². The molecule has 110 valence electrons. The van der Waals surface area contributed by atoms with Gasteiger partial charge in [-0.05, 0) is 36.5 Å². The van der Waals surface area contributed by atoms with Gasteiger partial charge in [-0.15, -0.1) is 0 Å². The van der Waals surface area contributed by atoms with Crippen molar-refractivity contribution in [3.05, 3.63) is 33.8 Å². The summed E-state index contributed by atoms with van der Waals surface area (Å²) < 4.78 is 6.87. The SMILES string of the molecule is CC1CCCC(OCc2ccc(C(=O)NN)cc2Br)C1. The minimum absolute atomic E-state index is 0.292. The van der Waals surface area contributed by atoms with E-state index >= 15 is 0 Å². The minimum Gasteiger partial charge on any atom is -0.373 e. The van der Waals surface area contributed by atoms with E-state index in [-0.39, 0.29) is 5.91 Å². The van der Waals surface area contributed by atoms with E-state index in [9.17, 15) is 4.79 Å². The Labute approximate surface area is 128 Å². The number of ether oxygens (including phenoxy) is 1. The fourth-order valence-electron chi connectivity index (χ4n) is 2.63. The van der Waals surface area contributed by atoms with Gasteiger partial charge in [0.15, 0.2) is 0 Å². The Bertz CT molecular complexity index is 479. The highest BCUT2D eigenvalue weighted by Crippen LogP contribution is 2.27. The summed E-state index contributed by atoms with van der Waals surface area (Å²) in [5.41, 5.74) is 3.71. The molecule has 0 saturated heterocycles. The van der Waals surface area contributed by atoms with Gasteiger partial charge in [-0.2, -0.15) is 0 Å². The first-order valence-corrected chi connectivity index (χ1v) is 7.80. The molecule has 20 heavy (non-hydrogen) atoms. The van der Waals surface area contributed by atoms with Crippen molar-refractivity contribution in [2.75, 3.05) is 0 Å². The highest BCUT2D eigenvalue weighted by Gasteiger charge is 2.19. The van der Waals surface area contributed by atoms with Gasteiger partial charge >= 0.3 is 0 Å². The minimum atomic E-state index is -0.292. The van der Waals surface area contributed by atoms with Gasteiger partial charge in [0.25, 0.3) is 5.91 Å². The van der Waals surface area contributed by atoms with E-state index in [4.69, 9.17) is 10.6 Å². The maximum atomic E-state index is 11.4. The van der Waals surface area contributed by atoms with Crippen molar-refractivity contribution < 1.29 is 9.53 Å². The monoisotopic (exact) mass is 340 g/mol. The molecular weight excluding hydrogens is 320 g/mol. The highest BCUT2D eigenvalue weighted by atomic mass is 79.9. The topological polar surface area (TPSA) is 64.3 Å². The smallest absolute Gasteiger partial charge is 0.265 e. The fourth-order valence-corrected chi connectivity index (χ4v) is 3.12. The van der Waals surface area contributed by atoms with Crippen molar-refractivity contribution in [3.8, 4) is 0 Å². The van der Waals surface area contributed by atoms with Crippen molar-refractivity contribution >= 4 is 21.8 Å². The normalized spacial score (nSPS) is 22.6. The Morgan fingerprint density at radius 3 is 2.95 bits per heavy atom. The molecule has 1 fully saturated rings. The van der Waals surface area contributed by atoms with Gasteiger partial charge in [-0.3, -0.25) is 10.2 Å². The van der Waals surface area contributed by atoms with Crippen LogP contribution in [0.3, 0.4) is 0 Å². The van der Waals surface area contributed by atoms with Crippen LogP contribution in [0.5, 0.6) is 0 Å². The lowest BCUT2D eigenvalue weighted by molar-refractivity contribution is 0.00442. The quantitative estimate of drug-likeness (QED) is 0.502. The van der Waals surface area contributed by atoms with Gasteiger partial charge in [0.2, 0.25) is 0 Å². The molecule has 0 bridgehead atoms. The molecule has 0 spiro atoms. The number of benzene rings is 1. The third-order valence-electron chi connectivity index (χ3n) is 3.81. The predicted molar refractivity (Wildman–Crippen MR) is 82.0 cm³/mol. The lowest BCUT2D eigenvalue weighted by Gasteiger charge is -2.27. The average molecular weight is 341 g/mol. The maximum absolute atomic E-state index is 11.4. The third kappa shape index (κ3) is 4.04. The standard InChI is InChI=1S/C15H21BrN2O2/c1-10-3-2-4-13(7-10)20-9-12-6-5-11(8-14(12)16)15(19)18-17/h5-6,8,10,13H,2-4,7,9,17H2,1H3,(H,18,19). The molecule has 1 aromatic rings. The second-order valence-corrected chi connectivity index (χ2v) is 6.34. The van der Waals surface area contributed by atoms with E-state index in [2.05, 4.69) is 28.3 Å². The number of hydrogen-bond donors (Lipinski definition) is 2. The van der Waals surface area contributed by atoms with Crippen molar-refractivity contribution in [1.82, 2.24) is 5.43 Å². The van der Waals surface area contributed by atoms with Gasteiger partial charge in [-0.25, -0.2) is 5.84 Å². The zero-order chi connectivity index (χ0) is 14.5. The first kappa shape index (κ1) is 15.5. The summed E-state index contributed by atoms with van der Waals surface area (Å²) in [5, 5.41) is 0. The molecule has 1 aliphatic rings. The largest absolute Gasteiger partial charge is 0.373 e. The van der Waals surface area contributed by atoms with Crippen LogP contribution in [0.2, 0.25) is 0 Å². The average Bonchev–Trinajstić information content (AvgIpc) is 2.45. The first-order valence-electron chi connectivity index (χ1n) is 7.01. The van der Waals surface area contributed by atoms with Gasteiger partial charge in [-0.1, -0.05) is 41.8 Å². The number of halogens is 1. The fraction of sp³-hybridized carbons (Fsp3) is 0.533. The summed E-state index contributed by atoms with van der Waals surface area (Å²) in [4.78, 5) is 11.4. The van der Waals surface area contributed by atoms with E-state index in [0.29, 0.717) is 18.3 Å². The number of carbonyl (C=O) groups is 1. The summed E-state index contributed by atoms with van der Waals surface area (Å²) in [7, 11) is 0. The summed E-state index contributed by atoms with van der Waals surface area (Å²) in [6.45, 7) is 2.86. The van der Waals surface area contributed by atoms with Crippen LogP contribution in [0.25, 0.3) is 0 Å². The zero-order valence-corrected chi connectivity index (χ0v) is 13.3. The zero-order valence-electron chi connectivity index (χ0n) is 11.7. The number of nitrogens with one attached hydrogen (secondary N) is 1. The Morgan fingerprint density at radius 2 is 2.30 bits per heavy atom. The molecule has 3 N–H and O–H groups in total. The Morgan fingerprint density at radius 1 is 1.50 bits per heavy atom. The molecule has 5 heteroatoms. The van der Waals surface area contributed by atoms with Crippen molar-refractivity contribution in [1.29, 1.82) is 0 Å². The molecule has 2 rings (SSSR count). The lowest BCUT2D eigenvalue weighted by atomic mass is 9.89. The number of hydrogen-bond acceptors (Lipinski definition) is 3. The van der Waals surface area contributed by atoms with Crippen LogP contribution in [0.1, 0.15) is 48.5 Å². The van der Waals surface area contributed by atoms with Crippen LogP contribution >= 0.6 is 15.9 Å². The van der Waals surface area contributed by atoms with Crippen LogP contribution in [0.4, 0.5) is 0 Å². The van der Waals surface area contributed by atoms with Crippen LogP contribution in [-0.2, 0) is 11.3 Å². The summed E-state index contributed by atoms with van der Waals surface area (Å²) in [6.07, 6.45) is 5.22. The molecule has 2 unspecified atom stereocenters.